The maximum absolute atomic E-state index is 5.44. The van der Waals surface area contributed by atoms with Crippen LogP contribution in [-0.2, 0) is 17.7 Å². The number of ether oxygens (including phenoxy) is 1. The highest BCUT2D eigenvalue weighted by Gasteiger charge is 2.14. The largest absolute Gasteiger partial charge is 0.379 e. The quantitative estimate of drug-likeness (QED) is 0.882. The normalized spacial score (nSPS) is 16.3. The molecule has 0 amide bonds. The molecule has 5 nitrogen and oxygen atoms in total. The Balaban J connectivity index is 1.86. The zero-order valence-electron chi connectivity index (χ0n) is 14.6. The molecule has 1 fully saturated rings. The molecule has 0 radical (unpaired) electrons. The fourth-order valence-electron chi connectivity index (χ4n) is 3.17. The molecular weight excluding hydrogens is 288 g/mol. The summed E-state index contributed by atoms with van der Waals surface area (Å²) in [6.07, 6.45) is 0.965. The van der Waals surface area contributed by atoms with Gasteiger partial charge in [0.2, 0.25) is 0 Å². The van der Waals surface area contributed by atoms with Crippen molar-refractivity contribution in [3.8, 4) is 0 Å². The Morgan fingerprint density at radius 3 is 2.61 bits per heavy atom. The molecule has 0 bridgehead atoms. The lowest BCUT2D eigenvalue weighted by atomic mass is 10.1. The highest BCUT2D eigenvalue weighted by molar-refractivity contribution is 5.78. The molecular formula is C18H28N4O. The van der Waals surface area contributed by atoms with Crippen LogP contribution in [0.2, 0.25) is 0 Å². The number of imidazole rings is 1. The summed E-state index contributed by atoms with van der Waals surface area (Å²) in [4.78, 5) is 7.38. The van der Waals surface area contributed by atoms with Crippen molar-refractivity contribution in [2.45, 2.75) is 26.8 Å². The van der Waals surface area contributed by atoms with Crippen LogP contribution in [-0.4, -0.2) is 60.9 Å². The molecule has 2 aromatic rings. The second kappa shape index (κ2) is 7.43. The van der Waals surface area contributed by atoms with Crippen LogP contribution in [0, 0.1) is 13.8 Å². The van der Waals surface area contributed by atoms with E-state index in [1.54, 1.807) is 0 Å². The fourth-order valence-corrected chi connectivity index (χ4v) is 3.17. The molecule has 2 heterocycles. The lowest BCUT2D eigenvalue weighted by Gasteiger charge is -2.27. The van der Waals surface area contributed by atoms with E-state index in [9.17, 15) is 0 Å². The molecule has 0 aliphatic carbocycles. The Labute approximate surface area is 138 Å². The number of likely N-dealkylation sites (N-methyl/N-ethyl adjacent to an activating group) is 1. The van der Waals surface area contributed by atoms with Crippen LogP contribution >= 0.6 is 0 Å². The van der Waals surface area contributed by atoms with Gasteiger partial charge in [0.1, 0.15) is 5.82 Å². The number of fused-ring (bicyclic) bond motifs is 1. The number of aromatic nitrogens is 2. The molecule has 5 heteroatoms. The predicted molar refractivity (Wildman–Crippen MR) is 94.1 cm³/mol. The minimum absolute atomic E-state index is 0.857. The Bertz CT molecular complexity index is 659. The van der Waals surface area contributed by atoms with E-state index in [-0.39, 0.29) is 0 Å². The summed E-state index contributed by atoms with van der Waals surface area (Å²) in [5.74, 6) is 1.19. The van der Waals surface area contributed by atoms with Gasteiger partial charge in [-0.3, -0.25) is 4.90 Å². The van der Waals surface area contributed by atoms with E-state index in [4.69, 9.17) is 9.72 Å². The van der Waals surface area contributed by atoms with Crippen molar-refractivity contribution in [3.63, 3.8) is 0 Å². The molecule has 1 N–H and O–H groups in total. The van der Waals surface area contributed by atoms with Gasteiger partial charge in [0.15, 0.2) is 0 Å². The van der Waals surface area contributed by atoms with Gasteiger partial charge < -0.3 is 14.6 Å². The first-order chi connectivity index (χ1) is 11.2. The molecule has 0 unspecified atom stereocenters. The summed E-state index contributed by atoms with van der Waals surface area (Å²) >= 11 is 0. The lowest BCUT2D eigenvalue weighted by molar-refractivity contribution is 0.0364. The number of nitrogens with one attached hydrogen (secondary N) is 1. The van der Waals surface area contributed by atoms with E-state index in [0.717, 1.165) is 57.9 Å². The van der Waals surface area contributed by atoms with Crippen molar-refractivity contribution in [1.29, 1.82) is 0 Å². The Kier molecular flexibility index (Phi) is 5.30. The van der Waals surface area contributed by atoms with Crippen molar-refractivity contribution >= 4 is 11.0 Å². The third-order valence-electron chi connectivity index (χ3n) is 4.78. The van der Waals surface area contributed by atoms with Crippen LogP contribution in [0.4, 0.5) is 0 Å². The van der Waals surface area contributed by atoms with Crippen LogP contribution < -0.4 is 5.32 Å². The van der Waals surface area contributed by atoms with Gasteiger partial charge in [0.05, 0.1) is 24.2 Å². The number of morpholine rings is 1. The Hall–Kier alpha value is -1.43. The number of hydrogen-bond donors (Lipinski definition) is 1. The van der Waals surface area contributed by atoms with E-state index >= 15 is 0 Å². The number of aryl methyl sites for hydroxylation is 2. The second-order valence-corrected chi connectivity index (χ2v) is 6.41. The van der Waals surface area contributed by atoms with Crippen LogP contribution in [0.15, 0.2) is 12.1 Å². The smallest absolute Gasteiger partial charge is 0.111 e. The summed E-state index contributed by atoms with van der Waals surface area (Å²) in [5.41, 5.74) is 5.05. The Morgan fingerprint density at radius 2 is 1.87 bits per heavy atom. The Morgan fingerprint density at radius 1 is 1.13 bits per heavy atom. The monoisotopic (exact) mass is 316 g/mol. The molecule has 1 aliphatic rings. The molecule has 0 saturated carbocycles. The predicted octanol–water partition coefficient (Wildman–Crippen LogP) is 1.75. The molecule has 0 atom stereocenters. The van der Waals surface area contributed by atoms with E-state index in [2.05, 4.69) is 40.8 Å². The molecule has 1 aromatic carbocycles. The molecule has 0 spiro atoms. The van der Waals surface area contributed by atoms with E-state index in [0.29, 0.717) is 0 Å². The van der Waals surface area contributed by atoms with Gasteiger partial charge in [-0.25, -0.2) is 4.98 Å². The lowest BCUT2D eigenvalue weighted by Crippen LogP contribution is -2.38. The van der Waals surface area contributed by atoms with E-state index in [1.165, 1.54) is 22.5 Å². The minimum Gasteiger partial charge on any atom is -0.379 e. The number of rotatable bonds is 6. The minimum atomic E-state index is 0.857. The standard InChI is InChI=1S/C18H28N4O/c1-14-12-16-17(13-15(14)2)22(18(20-16)4-5-19-3)7-6-21-8-10-23-11-9-21/h12-13,19H,4-11H2,1-3H3. The highest BCUT2D eigenvalue weighted by Crippen LogP contribution is 2.21. The average Bonchev–Trinajstić information content (AvgIpc) is 2.89. The van der Waals surface area contributed by atoms with Gasteiger partial charge in [-0.2, -0.15) is 0 Å². The first-order valence-electron chi connectivity index (χ1n) is 8.60. The van der Waals surface area contributed by atoms with Crippen molar-refractivity contribution in [3.05, 3.63) is 29.1 Å². The average molecular weight is 316 g/mol. The van der Waals surface area contributed by atoms with Crippen LogP contribution in [0.5, 0.6) is 0 Å². The van der Waals surface area contributed by atoms with Crippen molar-refractivity contribution in [2.24, 2.45) is 0 Å². The van der Waals surface area contributed by atoms with Gasteiger partial charge in [-0.1, -0.05) is 0 Å². The first-order valence-corrected chi connectivity index (χ1v) is 8.60. The molecule has 23 heavy (non-hydrogen) atoms. The number of nitrogens with zero attached hydrogens (tertiary/aromatic N) is 3. The number of hydrogen-bond acceptors (Lipinski definition) is 4. The van der Waals surface area contributed by atoms with Crippen molar-refractivity contribution in [2.75, 3.05) is 46.4 Å². The SMILES string of the molecule is CNCCc1nc2cc(C)c(C)cc2n1CCN1CCOCC1. The summed E-state index contributed by atoms with van der Waals surface area (Å²) in [6.45, 7) is 11.2. The van der Waals surface area contributed by atoms with E-state index in [1.807, 2.05) is 7.05 Å². The van der Waals surface area contributed by atoms with Gasteiger partial charge in [-0.15, -0.1) is 0 Å². The first kappa shape index (κ1) is 16.4. The highest BCUT2D eigenvalue weighted by atomic mass is 16.5. The van der Waals surface area contributed by atoms with Crippen LogP contribution in [0.25, 0.3) is 11.0 Å². The van der Waals surface area contributed by atoms with E-state index < -0.39 is 0 Å². The summed E-state index contributed by atoms with van der Waals surface area (Å²) in [6, 6.07) is 4.51. The van der Waals surface area contributed by atoms with Gasteiger partial charge >= 0.3 is 0 Å². The van der Waals surface area contributed by atoms with Gasteiger partial charge in [0.25, 0.3) is 0 Å². The summed E-state index contributed by atoms with van der Waals surface area (Å²) in [7, 11) is 2.00. The molecule has 1 aliphatic heterocycles. The summed E-state index contributed by atoms with van der Waals surface area (Å²) in [5, 5.41) is 3.24. The van der Waals surface area contributed by atoms with Gasteiger partial charge in [-0.05, 0) is 44.2 Å². The second-order valence-electron chi connectivity index (χ2n) is 6.41. The van der Waals surface area contributed by atoms with Crippen molar-refractivity contribution in [1.82, 2.24) is 19.8 Å². The molecule has 126 valence electrons. The zero-order valence-corrected chi connectivity index (χ0v) is 14.6. The molecule has 1 saturated heterocycles. The third kappa shape index (κ3) is 3.74. The van der Waals surface area contributed by atoms with Crippen molar-refractivity contribution < 1.29 is 4.74 Å². The maximum Gasteiger partial charge on any atom is 0.111 e. The topological polar surface area (TPSA) is 42.3 Å². The fraction of sp³-hybridized carbons (Fsp3) is 0.611. The molecule has 3 rings (SSSR count). The van der Waals surface area contributed by atoms with Crippen LogP contribution in [0.3, 0.4) is 0 Å². The van der Waals surface area contributed by atoms with Crippen LogP contribution in [0.1, 0.15) is 17.0 Å². The third-order valence-corrected chi connectivity index (χ3v) is 4.78. The zero-order chi connectivity index (χ0) is 16.2. The summed E-state index contributed by atoms with van der Waals surface area (Å²) < 4.78 is 7.85. The molecule has 1 aromatic heterocycles. The number of benzene rings is 1. The maximum atomic E-state index is 5.44. The van der Waals surface area contributed by atoms with Gasteiger partial charge in [0, 0.05) is 39.1 Å².